The molecule has 5 nitrogen and oxygen atoms in total. The summed E-state index contributed by atoms with van der Waals surface area (Å²) in [5.41, 5.74) is 0.751. The van der Waals surface area contributed by atoms with Gasteiger partial charge in [0.05, 0.1) is 17.6 Å². The number of aliphatic hydroxyl groups is 1. The zero-order valence-electron chi connectivity index (χ0n) is 10.3. The molecule has 1 saturated heterocycles. The van der Waals surface area contributed by atoms with Crippen molar-refractivity contribution in [3.05, 3.63) is 34.4 Å². The first-order chi connectivity index (χ1) is 8.74. The van der Waals surface area contributed by atoms with E-state index in [0.29, 0.717) is 5.69 Å². The Bertz CT molecular complexity index is 422. The van der Waals surface area contributed by atoms with E-state index in [1.165, 1.54) is 6.07 Å². The third-order valence-corrected chi connectivity index (χ3v) is 3.48. The van der Waals surface area contributed by atoms with E-state index in [4.69, 9.17) is 0 Å². The van der Waals surface area contributed by atoms with Crippen molar-refractivity contribution in [2.45, 2.75) is 31.7 Å². The molecule has 1 fully saturated rings. The molecule has 1 heterocycles. The standard InChI is InChI=1S/C13H18N2O3/c16-10-11-6-2-1-5-9-14(11)12-7-3-4-8-13(12)15(17)18/h3-4,7-8,11,16H,1-2,5-6,9-10H2. The van der Waals surface area contributed by atoms with Crippen LogP contribution in [0.4, 0.5) is 11.4 Å². The predicted molar refractivity (Wildman–Crippen MR) is 69.8 cm³/mol. The maximum atomic E-state index is 11.1. The molecule has 1 aliphatic rings. The lowest BCUT2D eigenvalue weighted by Crippen LogP contribution is -2.37. The van der Waals surface area contributed by atoms with Crippen molar-refractivity contribution in [1.82, 2.24) is 0 Å². The quantitative estimate of drug-likeness (QED) is 0.660. The normalized spacial score (nSPS) is 20.5. The number of nitro benzene ring substituents is 1. The Morgan fingerprint density at radius 1 is 1.33 bits per heavy atom. The van der Waals surface area contributed by atoms with Gasteiger partial charge in [-0.05, 0) is 18.9 Å². The van der Waals surface area contributed by atoms with Crippen LogP contribution in [0.1, 0.15) is 25.7 Å². The highest BCUT2D eigenvalue weighted by Gasteiger charge is 2.25. The number of benzene rings is 1. The van der Waals surface area contributed by atoms with E-state index < -0.39 is 0 Å². The molecule has 0 aliphatic carbocycles. The van der Waals surface area contributed by atoms with E-state index in [0.717, 1.165) is 32.2 Å². The van der Waals surface area contributed by atoms with Crippen molar-refractivity contribution in [2.24, 2.45) is 0 Å². The first-order valence-corrected chi connectivity index (χ1v) is 6.35. The number of aliphatic hydroxyl groups excluding tert-OH is 1. The summed E-state index contributed by atoms with van der Waals surface area (Å²) >= 11 is 0. The molecule has 1 aromatic rings. The van der Waals surface area contributed by atoms with E-state index in [1.54, 1.807) is 12.1 Å². The average molecular weight is 250 g/mol. The molecule has 18 heavy (non-hydrogen) atoms. The molecule has 0 radical (unpaired) electrons. The molecular formula is C13H18N2O3. The number of nitrogens with zero attached hydrogens (tertiary/aromatic N) is 2. The van der Waals surface area contributed by atoms with Crippen LogP contribution in [0.25, 0.3) is 0 Å². The van der Waals surface area contributed by atoms with Gasteiger partial charge in [0.1, 0.15) is 5.69 Å². The van der Waals surface area contributed by atoms with E-state index in [-0.39, 0.29) is 23.3 Å². The summed E-state index contributed by atoms with van der Waals surface area (Å²) in [6.07, 6.45) is 4.10. The number of hydrogen-bond donors (Lipinski definition) is 1. The number of nitro groups is 1. The fraction of sp³-hybridized carbons (Fsp3) is 0.538. The zero-order chi connectivity index (χ0) is 13.0. The molecular weight excluding hydrogens is 232 g/mol. The summed E-state index contributed by atoms with van der Waals surface area (Å²) in [7, 11) is 0. The monoisotopic (exact) mass is 250 g/mol. The summed E-state index contributed by atoms with van der Waals surface area (Å²) in [6.45, 7) is 0.822. The molecule has 1 aromatic carbocycles. The third-order valence-electron chi connectivity index (χ3n) is 3.48. The van der Waals surface area contributed by atoms with E-state index in [2.05, 4.69) is 0 Å². The van der Waals surface area contributed by atoms with Crippen molar-refractivity contribution < 1.29 is 10.0 Å². The van der Waals surface area contributed by atoms with Crippen molar-refractivity contribution in [1.29, 1.82) is 0 Å². The van der Waals surface area contributed by atoms with Gasteiger partial charge in [-0.3, -0.25) is 10.1 Å². The Balaban J connectivity index is 2.35. The van der Waals surface area contributed by atoms with Crippen LogP contribution in [-0.2, 0) is 0 Å². The molecule has 0 aromatic heterocycles. The van der Waals surface area contributed by atoms with Crippen molar-refractivity contribution >= 4 is 11.4 Å². The largest absolute Gasteiger partial charge is 0.394 e. The van der Waals surface area contributed by atoms with Crippen LogP contribution in [0, 0.1) is 10.1 Å². The van der Waals surface area contributed by atoms with Crippen LogP contribution in [0.3, 0.4) is 0 Å². The minimum atomic E-state index is -0.353. The second-order valence-corrected chi connectivity index (χ2v) is 4.62. The first kappa shape index (κ1) is 12.8. The first-order valence-electron chi connectivity index (χ1n) is 6.35. The highest BCUT2D eigenvalue weighted by molar-refractivity contribution is 5.63. The van der Waals surface area contributed by atoms with Gasteiger partial charge in [-0.15, -0.1) is 0 Å². The molecule has 1 aliphatic heterocycles. The summed E-state index contributed by atoms with van der Waals surface area (Å²) in [5, 5.41) is 20.5. The van der Waals surface area contributed by atoms with Gasteiger partial charge in [0.2, 0.25) is 0 Å². The molecule has 0 amide bonds. The van der Waals surface area contributed by atoms with Gasteiger partial charge in [0.15, 0.2) is 0 Å². The van der Waals surface area contributed by atoms with Crippen molar-refractivity contribution in [2.75, 3.05) is 18.1 Å². The Morgan fingerprint density at radius 3 is 2.83 bits per heavy atom. The highest BCUT2D eigenvalue weighted by Crippen LogP contribution is 2.31. The number of anilines is 1. The van der Waals surface area contributed by atoms with Crippen molar-refractivity contribution in [3.63, 3.8) is 0 Å². The molecule has 0 spiro atoms. The van der Waals surface area contributed by atoms with Gasteiger partial charge in [-0.1, -0.05) is 25.0 Å². The summed E-state index contributed by atoms with van der Waals surface area (Å²) in [4.78, 5) is 12.7. The van der Waals surface area contributed by atoms with Gasteiger partial charge in [-0.25, -0.2) is 0 Å². The van der Waals surface area contributed by atoms with E-state index in [1.807, 2.05) is 11.0 Å². The fourth-order valence-corrected chi connectivity index (χ4v) is 2.55. The van der Waals surface area contributed by atoms with Gasteiger partial charge in [0.25, 0.3) is 5.69 Å². The number of para-hydroxylation sites is 2. The lowest BCUT2D eigenvalue weighted by Gasteiger charge is -2.30. The van der Waals surface area contributed by atoms with Crippen LogP contribution >= 0.6 is 0 Å². The summed E-state index contributed by atoms with van der Waals surface area (Å²) in [5.74, 6) is 0. The summed E-state index contributed by atoms with van der Waals surface area (Å²) in [6, 6.07) is 6.77. The molecule has 5 heteroatoms. The second kappa shape index (κ2) is 5.82. The van der Waals surface area contributed by atoms with Crippen LogP contribution in [0.15, 0.2) is 24.3 Å². The summed E-state index contributed by atoms with van der Waals surface area (Å²) < 4.78 is 0. The zero-order valence-corrected chi connectivity index (χ0v) is 10.3. The van der Waals surface area contributed by atoms with Crippen LogP contribution in [-0.4, -0.2) is 29.2 Å². The Morgan fingerprint density at radius 2 is 2.11 bits per heavy atom. The van der Waals surface area contributed by atoms with Gasteiger partial charge in [0, 0.05) is 12.6 Å². The average Bonchev–Trinajstić information content (AvgIpc) is 2.63. The smallest absolute Gasteiger partial charge is 0.292 e. The number of hydrogen-bond acceptors (Lipinski definition) is 4. The second-order valence-electron chi connectivity index (χ2n) is 4.62. The molecule has 0 saturated carbocycles. The molecule has 2 rings (SSSR count). The van der Waals surface area contributed by atoms with Crippen LogP contribution < -0.4 is 4.90 Å². The fourth-order valence-electron chi connectivity index (χ4n) is 2.55. The van der Waals surface area contributed by atoms with Crippen molar-refractivity contribution in [3.8, 4) is 0 Å². The maximum absolute atomic E-state index is 11.1. The third kappa shape index (κ3) is 2.61. The van der Waals surface area contributed by atoms with Gasteiger partial charge in [-0.2, -0.15) is 0 Å². The molecule has 1 atom stereocenters. The van der Waals surface area contributed by atoms with E-state index >= 15 is 0 Å². The van der Waals surface area contributed by atoms with Gasteiger partial charge >= 0.3 is 0 Å². The highest BCUT2D eigenvalue weighted by atomic mass is 16.6. The maximum Gasteiger partial charge on any atom is 0.292 e. The Kier molecular flexibility index (Phi) is 4.15. The SMILES string of the molecule is O=[N+]([O-])c1ccccc1N1CCCCCC1CO. The molecule has 1 N–H and O–H groups in total. The molecule has 98 valence electrons. The topological polar surface area (TPSA) is 66.6 Å². The Labute approximate surface area is 106 Å². The van der Waals surface area contributed by atoms with Gasteiger partial charge < -0.3 is 10.0 Å². The minimum absolute atomic E-state index is 0.00593. The molecule has 0 bridgehead atoms. The molecule has 1 unspecified atom stereocenters. The lowest BCUT2D eigenvalue weighted by molar-refractivity contribution is -0.384. The predicted octanol–water partition coefficient (Wildman–Crippen LogP) is 2.34. The Hall–Kier alpha value is -1.62. The lowest BCUT2D eigenvalue weighted by atomic mass is 10.1. The van der Waals surface area contributed by atoms with E-state index in [9.17, 15) is 15.2 Å². The van der Waals surface area contributed by atoms with Crippen LogP contribution in [0.2, 0.25) is 0 Å². The number of rotatable bonds is 3. The van der Waals surface area contributed by atoms with Crippen LogP contribution in [0.5, 0.6) is 0 Å². The minimum Gasteiger partial charge on any atom is -0.394 e.